The third-order valence-corrected chi connectivity index (χ3v) is 13.9. The Labute approximate surface area is 441 Å². The molecule has 76 heavy (non-hydrogen) atoms. The van der Waals surface area contributed by atoms with E-state index >= 15 is 0 Å². The molecule has 0 spiro atoms. The van der Waals surface area contributed by atoms with Gasteiger partial charge in [0.15, 0.2) is 34.9 Å². The fraction of sp³-hybridized carbons (Fsp3) is 0. The highest BCUT2D eigenvalue weighted by Gasteiger charge is 2.22. The number of nitrogens with zero attached hydrogens (tertiary/aromatic N) is 6. The Bertz CT molecular complexity index is 4130. The summed E-state index contributed by atoms with van der Waals surface area (Å²) in [4.78, 5) is 31.2. The lowest BCUT2D eigenvalue weighted by atomic mass is 9.87. The van der Waals surface area contributed by atoms with Gasteiger partial charge in [0.25, 0.3) is 0 Å². The fourth-order valence-corrected chi connectivity index (χ4v) is 10.1. The fourth-order valence-electron chi connectivity index (χ4n) is 10.1. The molecule has 0 fully saturated rings. The second-order valence-electron chi connectivity index (χ2n) is 18.6. The molecule has 0 aliphatic carbocycles. The zero-order valence-corrected chi connectivity index (χ0v) is 41.2. The van der Waals surface area contributed by atoms with E-state index in [1.807, 2.05) is 91.0 Å². The van der Waals surface area contributed by atoms with Crippen molar-refractivity contribution in [2.75, 3.05) is 0 Å². The standard InChI is InChI=1S/C70H46N6/c1-7-23-47(24-8-1)53-39-42-62(64(45-53)49-27-11-3-12-28-49)70-75-67(52-33-17-6-18-34-52)74-68(76-70)60-38-22-21-37-58(60)59-41-40-54(46-63(59)48-25-9-2-10-26-48)55-43-44-61(57-36-20-19-35-56(55)57)69-72-65(50-29-13-4-14-30-50)71-66(73-69)51-31-15-5-16-32-51/h1-46H. The van der Waals surface area contributed by atoms with Crippen molar-refractivity contribution in [2.45, 2.75) is 0 Å². The maximum Gasteiger partial charge on any atom is 0.164 e. The van der Waals surface area contributed by atoms with Gasteiger partial charge in [0.05, 0.1) is 0 Å². The molecule has 6 heteroatoms. The summed E-state index contributed by atoms with van der Waals surface area (Å²) < 4.78 is 0. The van der Waals surface area contributed by atoms with E-state index in [1.54, 1.807) is 0 Å². The highest BCUT2D eigenvalue weighted by atomic mass is 15.0. The highest BCUT2D eigenvalue weighted by molar-refractivity contribution is 6.05. The number of benzene rings is 11. The predicted molar refractivity (Wildman–Crippen MR) is 311 cm³/mol. The van der Waals surface area contributed by atoms with Gasteiger partial charge in [-0.25, -0.2) is 29.9 Å². The predicted octanol–water partition coefficient (Wildman–Crippen LogP) is 17.5. The monoisotopic (exact) mass is 970 g/mol. The number of fused-ring (bicyclic) bond motifs is 1. The summed E-state index contributed by atoms with van der Waals surface area (Å²) in [6, 6.07) is 96.7. The molecule has 0 radical (unpaired) electrons. The minimum absolute atomic E-state index is 0.583. The lowest BCUT2D eigenvalue weighted by Gasteiger charge is -2.18. The van der Waals surface area contributed by atoms with Gasteiger partial charge in [0, 0.05) is 33.4 Å². The Kier molecular flexibility index (Phi) is 12.2. The molecule has 0 saturated heterocycles. The lowest BCUT2D eigenvalue weighted by Crippen LogP contribution is -2.02. The van der Waals surface area contributed by atoms with Crippen LogP contribution in [0, 0.1) is 0 Å². The molecule has 0 atom stereocenters. The SMILES string of the molecule is c1ccc(-c2ccc(-c3nc(-c4ccccc4)nc(-c4ccccc4-c4ccc(-c5ccc(-c6nc(-c7ccccc7)nc(-c7ccccc7)n6)c6ccccc56)cc4-c4ccccc4)n3)c(-c3ccccc3)c2)cc1. The topological polar surface area (TPSA) is 77.3 Å². The smallest absolute Gasteiger partial charge is 0.164 e. The third-order valence-electron chi connectivity index (χ3n) is 13.9. The Morgan fingerprint density at radius 2 is 0.434 bits per heavy atom. The maximum absolute atomic E-state index is 5.42. The van der Waals surface area contributed by atoms with E-state index in [1.165, 1.54) is 0 Å². The summed E-state index contributed by atoms with van der Waals surface area (Å²) in [5, 5.41) is 2.14. The Morgan fingerprint density at radius 1 is 0.145 bits per heavy atom. The van der Waals surface area contributed by atoms with Gasteiger partial charge in [-0.15, -0.1) is 0 Å². The first-order valence-electron chi connectivity index (χ1n) is 25.4. The summed E-state index contributed by atoms with van der Waals surface area (Å²) in [6.07, 6.45) is 0. The molecular formula is C70H46N6. The highest BCUT2D eigenvalue weighted by Crippen LogP contribution is 2.43. The first kappa shape index (κ1) is 45.6. The molecule has 11 aromatic carbocycles. The molecule has 0 saturated carbocycles. The van der Waals surface area contributed by atoms with Gasteiger partial charge < -0.3 is 0 Å². The number of hydrogen-bond donors (Lipinski definition) is 0. The molecular weight excluding hydrogens is 925 g/mol. The Hall–Kier alpha value is -10.3. The Balaban J connectivity index is 0.961. The molecule has 0 unspecified atom stereocenters. The summed E-state index contributed by atoms with van der Waals surface area (Å²) >= 11 is 0. The third kappa shape index (κ3) is 9.01. The van der Waals surface area contributed by atoms with Crippen LogP contribution in [0.2, 0.25) is 0 Å². The van der Waals surface area contributed by atoms with Crippen LogP contribution in [0.4, 0.5) is 0 Å². The van der Waals surface area contributed by atoms with Crippen LogP contribution in [0.5, 0.6) is 0 Å². The van der Waals surface area contributed by atoms with E-state index in [9.17, 15) is 0 Å². The normalized spacial score (nSPS) is 11.2. The van der Waals surface area contributed by atoms with Crippen molar-refractivity contribution in [3.63, 3.8) is 0 Å². The minimum atomic E-state index is 0.583. The van der Waals surface area contributed by atoms with E-state index in [0.29, 0.717) is 34.9 Å². The zero-order chi connectivity index (χ0) is 50.6. The molecule has 13 aromatic rings. The van der Waals surface area contributed by atoms with Crippen LogP contribution >= 0.6 is 0 Å². The maximum atomic E-state index is 5.42. The summed E-state index contributed by atoms with van der Waals surface area (Å²) in [5.74, 6) is 3.64. The number of aromatic nitrogens is 6. The Morgan fingerprint density at radius 3 is 0.947 bits per heavy atom. The summed E-state index contributed by atoms with van der Waals surface area (Å²) in [6.45, 7) is 0. The minimum Gasteiger partial charge on any atom is -0.208 e. The zero-order valence-electron chi connectivity index (χ0n) is 41.2. The molecule has 6 nitrogen and oxygen atoms in total. The van der Waals surface area contributed by atoms with Gasteiger partial charge >= 0.3 is 0 Å². The van der Waals surface area contributed by atoms with E-state index in [-0.39, 0.29) is 0 Å². The summed E-state index contributed by atoms with van der Waals surface area (Å²) in [7, 11) is 0. The van der Waals surface area contributed by atoms with Gasteiger partial charge in [-0.1, -0.05) is 255 Å². The van der Waals surface area contributed by atoms with Crippen LogP contribution in [0.15, 0.2) is 279 Å². The van der Waals surface area contributed by atoms with Gasteiger partial charge in [0.1, 0.15) is 0 Å². The van der Waals surface area contributed by atoms with Gasteiger partial charge in [-0.3, -0.25) is 0 Å². The molecule has 2 aromatic heterocycles. The van der Waals surface area contributed by atoms with Gasteiger partial charge in [-0.05, 0) is 90.7 Å². The van der Waals surface area contributed by atoms with Crippen LogP contribution in [0.25, 0.3) is 135 Å². The van der Waals surface area contributed by atoms with Crippen molar-refractivity contribution in [3.8, 4) is 124 Å². The molecule has 0 bridgehead atoms. The van der Waals surface area contributed by atoms with Gasteiger partial charge in [-0.2, -0.15) is 0 Å². The average molecular weight is 971 g/mol. The lowest BCUT2D eigenvalue weighted by molar-refractivity contribution is 1.07. The average Bonchev–Trinajstić information content (AvgIpc) is 3.55. The first-order valence-corrected chi connectivity index (χ1v) is 25.4. The molecule has 0 amide bonds. The van der Waals surface area contributed by atoms with Crippen molar-refractivity contribution >= 4 is 10.8 Å². The van der Waals surface area contributed by atoms with Crippen molar-refractivity contribution in [1.82, 2.24) is 29.9 Å². The molecule has 0 N–H and O–H groups in total. The van der Waals surface area contributed by atoms with Crippen molar-refractivity contribution < 1.29 is 0 Å². The van der Waals surface area contributed by atoms with Crippen LogP contribution in [-0.4, -0.2) is 29.9 Å². The van der Waals surface area contributed by atoms with E-state index in [2.05, 4.69) is 188 Å². The molecule has 356 valence electrons. The van der Waals surface area contributed by atoms with Crippen LogP contribution in [0.1, 0.15) is 0 Å². The van der Waals surface area contributed by atoms with Crippen molar-refractivity contribution in [1.29, 1.82) is 0 Å². The second-order valence-corrected chi connectivity index (χ2v) is 18.6. The van der Waals surface area contributed by atoms with E-state index in [0.717, 1.165) is 99.8 Å². The molecule has 13 rings (SSSR count). The molecule has 0 aliphatic rings. The van der Waals surface area contributed by atoms with Crippen molar-refractivity contribution in [2.24, 2.45) is 0 Å². The van der Waals surface area contributed by atoms with Gasteiger partial charge in [0.2, 0.25) is 0 Å². The van der Waals surface area contributed by atoms with Crippen LogP contribution < -0.4 is 0 Å². The van der Waals surface area contributed by atoms with Crippen molar-refractivity contribution in [3.05, 3.63) is 279 Å². The summed E-state index contributed by atoms with van der Waals surface area (Å²) in [5.41, 5.74) is 16.3. The van der Waals surface area contributed by atoms with E-state index in [4.69, 9.17) is 29.9 Å². The quantitative estimate of drug-likeness (QED) is 0.129. The molecule has 0 aliphatic heterocycles. The van der Waals surface area contributed by atoms with Crippen LogP contribution in [-0.2, 0) is 0 Å². The number of rotatable bonds is 11. The van der Waals surface area contributed by atoms with E-state index < -0.39 is 0 Å². The second kappa shape index (κ2) is 20.3. The first-order chi connectivity index (χ1) is 37.7. The van der Waals surface area contributed by atoms with Crippen LogP contribution in [0.3, 0.4) is 0 Å². The number of hydrogen-bond acceptors (Lipinski definition) is 6. The largest absolute Gasteiger partial charge is 0.208 e. The molecule has 2 heterocycles.